The third-order valence-corrected chi connectivity index (χ3v) is 4.65. The molecular formula is C22H34O2. The number of hydrogen-bond acceptors (Lipinski definition) is 2. The number of allylic oxidation sites excluding steroid dienone is 8. The SMILES string of the molecule is CCOC(=O)C[C@@H](C)/C=C/C=C(C)/C=C/C1=C(C)CCCC1(C)C. The van der Waals surface area contributed by atoms with Gasteiger partial charge in [0.05, 0.1) is 13.0 Å². The zero-order chi connectivity index (χ0) is 18.2. The van der Waals surface area contributed by atoms with Gasteiger partial charge in [0.15, 0.2) is 0 Å². The normalized spacial score (nSPS) is 20.0. The molecule has 0 aliphatic heterocycles. The van der Waals surface area contributed by atoms with Crippen molar-refractivity contribution in [2.75, 3.05) is 6.61 Å². The van der Waals surface area contributed by atoms with Gasteiger partial charge in [-0.3, -0.25) is 4.79 Å². The maximum absolute atomic E-state index is 11.4. The van der Waals surface area contributed by atoms with E-state index in [0.717, 1.165) is 0 Å². The highest BCUT2D eigenvalue weighted by Crippen LogP contribution is 2.40. The quantitative estimate of drug-likeness (QED) is 0.412. The van der Waals surface area contributed by atoms with Crippen LogP contribution in [0.2, 0.25) is 0 Å². The Morgan fingerprint density at radius 2 is 2.08 bits per heavy atom. The second-order valence-electron chi connectivity index (χ2n) is 7.55. The van der Waals surface area contributed by atoms with E-state index in [-0.39, 0.29) is 17.3 Å². The van der Waals surface area contributed by atoms with E-state index in [1.807, 2.05) is 19.9 Å². The first-order chi connectivity index (χ1) is 11.3. The van der Waals surface area contributed by atoms with Crippen molar-refractivity contribution in [1.82, 2.24) is 0 Å². The number of carbonyl (C=O) groups excluding carboxylic acids is 1. The van der Waals surface area contributed by atoms with Crippen molar-refractivity contribution in [3.63, 3.8) is 0 Å². The topological polar surface area (TPSA) is 26.3 Å². The first kappa shape index (κ1) is 20.5. The molecule has 0 aromatic carbocycles. The molecule has 24 heavy (non-hydrogen) atoms. The first-order valence-corrected chi connectivity index (χ1v) is 9.15. The Hall–Kier alpha value is -1.57. The van der Waals surface area contributed by atoms with Crippen molar-refractivity contribution >= 4 is 5.97 Å². The van der Waals surface area contributed by atoms with E-state index in [1.165, 1.54) is 36.0 Å². The minimum atomic E-state index is -0.128. The molecule has 0 N–H and O–H groups in total. The summed E-state index contributed by atoms with van der Waals surface area (Å²) >= 11 is 0. The molecule has 0 saturated heterocycles. The van der Waals surface area contributed by atoms with E-state index in [4.69, 9.17) is 4.74 Å². The average Bonchev–Trinajstić information content (AvgIpc) is 2.46. The van der Waals surface area contributed by atoms with E-state index in [1.54, 1.807) is 0 Å². The van der Waals surface area contributed by atoms with Crippen LogP contribution in [0.15, 0.2) is 47.1 Å². The zero-order valence-corrected chi connectivity index (χ0v) is 16.3. The van der Waals surface area contributed by atoms with E-state index in [2.05, 4.69) is 52.0 Å². The van der Waals surface area contributed by atoms with Crippen molar-refractivity contribution in [1.29, 1.82) is 0 Å². The molecule has 2 heteroatoms. The molecule has 0 saturated carbocycles. The minimum absolute atomic E-state index is 0.128. The first-order valence-electron chi connectivity index (χ1n) is 9.15. The molecule has 0 spiro atoms. The summed E-state index contributed by atoms with van der Waals surface area (Å²) in [7, 11) is 0. The van der Waals surface area contributed by atoms with Crippen molar-refractivity contribution in [2.45, 2.75) is 67.2 Å². The largest absolute Gasteiger partial charge is 0.466 e. The predicted molar refractivity (Wildman–Crippen MR) is 103 cm³/mol. The summed E-state index contributed by atoms with van der Waals surface area (Å²) in [6.45, 7) is 13.4. The molecule has 0 fully saturated rings. The average molecular weight is 331 g/mol. The molecule has 0 aromatic rings. The molecule has 1 rings (SSSR count). The second kappa shape index (κ2) is 9.66. The van der Waals surface area contributed by atoms with Crippen LogP contribution in [-0.4, -0.2) is 12.6 Å². The maximum Gasteiger partial charge on any atom is 0.306 e. The lowest BCUT2D eigenvalue weighted by Crippen LogP contribution is -2.19. The Morgan fingerprint density at radius 3 is 2.71 bits per heavy atom. The van der Waals surface area contributed by atoms with E-state index >= 15 is 0 Å². The second-order valence-corrected chi connectivity index (χ2v) is 7.55. The van der Waals surface area contributed by atoms with Crippen LogP contribution in [-0.2, 0) is 9.53 Å². The number of rotatable bonds is 7. The molecule has 2 nitrogen and oxygen atoms in total. The number of ether oxygens (including phenoxy) is 1. The summed E-state index contributed by atoms with van der Waals surface area (Å²) in [5.41, 5.74) is 4.51. The van der Waals surface area contributed by atoms with Gasteiger partial charge in [0, 0.05) is 0 Å². The van der Waals surface area contributed by atoms with Crippen LogP contribution >= 0.6 is 0 Å². The zero-order valence-electron chi connectivity index (χ0n) is 16.3. The summed E-state index contributed by atoms with van der Waals surface area (Å²) in [6.07, 6.45) is 14.9. The molecule has 0 aromatic heterocycles. The van der Waals surface area contributed by atoms with Gasteiger partial charge in [-0.25, -0.2) is 0 Å². The molecule has 0 radical (unpaired) electrons. The lowest BCUT2D eigenvalue weighted by molar-refractivity contribution is -0.143. The minimum Gasteiger partial charge on any atom is -0.466 e. The predicted octanol–water partition coefficient (Wildman–Crippen LogP) is 6.16. The Balaban J connectivity index is 2.63. The summed E-state index contributed by atoms with van der Waals surface area (Å²) in [4.78, 5) is 11.4. The smallest absolute Gasteiger partial charge is 0.306 e. The fourth-order valence-corrected chi connectivity index (χ4v) is 3.23. The van der Waals surface area contributed by atoms with Crippen LogP contribution in [0, 0.1) is 11.3 Å². The van der Waals surface area contributed by atoms with Gasteiger partial charge in [0.2, 0.25) is 0 Å². The van der Waals surface area contributed by atoms with E-state index in [0.29, 0.717) is 13.0 Å². The fourth-order valence-electron chi connectivity index (χ4n) is 3.23. The maximum atomic E-state index is 11.4. The van der Waals surface area contributed by atoms with Gasteiger partial charge in [0.25, 0.3) is 0 Å². The van der Waals surface area contributed by atoms with Crippen molar-refractivity contribution in [3.05, 3.63) is 47.1 Å². The van der Waals surface area contributed by atoms with Gasteiger partial charge in [-0.1, -0.05) is 62.3 Å². The molecule has 0 bridgehead atoms. The van der Waals surface area contributed by atoms with E-state index in [9.17, 15) is 4.79 Å². The number of hydrogen-bond donors (Lipinski definition) is 0. The van der Waals surface area contributed by atoms with Gasteiger partial charge >= 0.3 is 5.97 Å². The Labute approximate surface area is 148 Å². The van der Waals surface area contributed by atoms with E-state index < -0.39 is 0 Å². The molecule has 0 amide bonds. The highest BCUT2D eigenvalue weighted by atomic mass is 16.5. The third-order valence-electron chi connectivity index (χ3n) is 4.65. The van der Waals surface area contributed by atoms with Crippen LogP contribution in [0.1, 0.15) is 67.2 Å². The Bertz CT molecular complexity index is 544. The monoisotopic (exact) mass is 330 g/mol. The van der Waals surface area contributed by atoms with Crippen LogP contribution < -0.4 is 0 Å². The van der Waals surface area contributed by atoms with Crippen molar-refractivity contribution < 1.29 is 9.53 Å². The lowest BCUT2D eigenvalue weighted by Gasteiger charge is -2.32. The fraction of sp³-hybridized carbons (Fsp3) is 0.591. The summed E-state index contributed by atoms with van der Waals surface area (Å²) in [5.74, 6) is 0.0662. The lowest BCUT2D eigenvalue weighted by atomic mass is 9.72. The number of carbonyl (C=O) groups is 1. The Kier molecular flexibility index (Phi) is 8.24. The molecular weight excluding hydrogens is 296 g/mol. The summed E-state index contributed by atoms with van der Waals surface area (Å²) in [5, 5.41) is 0. The molecule has 134 valence electrons. The third kappa shape index (κ3) is 6.90. The van der Waals surface area contributed by atoms with Gasteiger partial charge in [-0.15, -0.1) is 0 Å². The Morgan fingerprint density at radius 1 is 1.38 bits per heavy atom. The van der Waals surface area contributed by atoms with Gasteiger partial charge in [-0.2, -0.15) is 0 Å². The number of esters is 1. The van der Waals surface area contributed by atoms with Gasteiger partial charge < -0.3 is 4.74 Å². The van der Waals surface area contributed by atoms with Gasteiger partial charge in [0.1, 0.15) is 0 Å². The molecule has 0 unspecified atom stereocenters. The van der Waals surface area contributed by atoms with Crippen LogP contribution in [0.4, 0.5) is 0 Å². The van der Waals surface area contributed by atoms with Crippen LogP contribution in [0.25, 0.3) is 0 Å². The standard InChI is InChI=1S/C22H34O2/c1-7-24-21(23)16-18(3)11-8-10-17(2)13-14-20-19(4)12-9-15-22(20,5)6/h8,10-11,13-14,18H,7,9,12,15-16H2,1-6H3/b11-8+,14-13+,17-10+/t18-/m0/s1. The molecule has 1 atom stereocenters. The molecule has 1 aliphatic carbocycles. The summed E-state index contributed by atoms with van der Waals surface area (Å²) < 4.78 is 4.97. The molecule has 1 aliphatic rings. The highest BCUT2D eigenvalue weighted by molar-refractivity contribution is 5.69. The van der Waals surface area contributed by atoms with Gasteiger partial charge in [-0.05, 0) is 56.9 Å². The van der Waals surface area contributed by atoms with Crippen LogP contribution in [0.5, 0.6) is 0 Å². The van der Waals surface area contributed by atoms with Crippen molar-refractivity contribution in [3.8, 4) is 0 Å². The highest BCUT2D eigenvalue weighted by Gasteiger charge is 2.26. The summed E-state index contributed by atoms with van der Waals surface area (Å²) in [6, 6.07) is 0. The van der Waals surface area contributed by atoms with Crippen molar-refractivity contribution in [2.24, 2.45) is 11.3 Å². The van der Waals surface area contributed by atoms with Crippen LogP contribution in [0.3, 0.4) is 0 Å². The molecule has 0 heterocycles.